The zero-order valence-electron chi connectivity index (χ0n) is 17.2. The van der Waals surface area contributed by atoms with Crippen molar-refractivity contribution in [3.8, 4) is 11.5 Å². The average Bonchev–Trinajstić information content (AvgIpc) is 3.07. The molecule has 3 aromatic rings. The number of anilines is 1. The summed E-state index contributed by atoms with van der Waals surface area (Å²) in [6.45, 7) is 5.69. The van der Waals surface area contributed by atoms with Gasteiger partial charge < -0.3 is 10.1 Å². The predicted octanol–water partition coefficient (Wildman–Crippen LogP) is 4.21. The summed E-state index contributed by atoms with van der Waals surface area (Å²) in [5.74, 6) is -0.171. The largest absolute Gasteiger partial charge is 0.457 e. The summed E-state index contributed by atoms with van der Waals surface area (Å²) in [4.78, 5) is 33.8. The third-order valence-electron chi connectivity index (χ3n) is 4.68. The molecule has 0 aliphatic rings. The van der Waals surface area contributed by atoms with Crippen LogP contribution in [-0.4, -0.2) is 25.5 Å². The molecule has 0 fully saturated rings. The molecule has 0 unspecified atom stereocenters. The molecule has 1 heterocycles. The van der Waals surface area contributed by atoms with Crippen LogP contribution in [0.5, 0.6) is 11.5 Å². The molecule has 2 aromatic carbocycles. The Morgan fingerprint density at radius 3 is 2.42 bits per heavy atom. The highest BCUT2D eigenvalue weighted by Crippen LogP contribution is 2.33. The van der Waals surface area contributed by atoms with Crippen molar-refractivity contribution in [1.29, 1.82) is 0 Å². The summed E-state index contributed by atoms with van der Waals surface area (Å²) < 4.78 is 6.94. The molecule has 1 N–H and O–H groups in total. The van der Waals surface area contributed by atoms with Crippen molar-refractivity contribution in [3.05, 3.63) is 79.1 Å². The molecule has 0 aliphatic carbocycles. The number of nitro groups is 2. The number of carbonyl (C=O) groups excluding carboxylic acids is 1. The van der Waals surface area contributed by atoms with Crippen LogP contribution in [-0.2, 0) is 7.05 Å². The van der Waals surface area contributed by atoms with E-state index in [0.29, 0.717) is 5.75 Å². The molecule has 0 aliphatic heterocycles. The molecule has 0 saturated heterocycles. The molecule has 3 rings (SSSR count). The van der Waals surface area contributed by atoms with Gasteiger partial charge in [-0.3, -0.25) is 29.7 Å². The van der Waals surface area contributed by atoms with Crippen molar-refractivity contribution in [2.75, 3.05) is 5.32 Å². The topological polar surface area (TPSA) is 142 Å². The van der Waals surface area contributed by atoms with Crippen LogP contribution in [0.3, 0.4) is 0 Å². The van der Waals surface area contributed by atoms with E-state index < -0.39 is 21.4 Å². The van der Waals surface area contributed by atoms with Crippen molar-refractivity contribution >= 4 is 23.0 Å². The monoisotopic (exact) mass is 425 g/mol. The van der Waals surface area contributed by atoms with Crippen LogP contribution >= 0.6 is 0 Å². The molecule has 0 radical (unpaired) electrons. The van der Waals surface area contributed by atoms with Gasteiger partial charge in [0.15, 0.2) is 0 Å². The summed E-state index contributed by atoms with van der Waals surface area (Å²) in [5, 5.41) is 28.7. The standard InChI is InChI=1S/C20H19N5O6/c1-11-5-12(2)13(3)18(6-11)31-16-8-14(7-15(9-16)24(27)28)22-20(26)19-17(25(29)30)10-21-23(19)4/h5-10H,1-4H3,(H,22,26). The Balaban J connectivity index is 1.98. The fourth-order valence-electron chi connectivity index (χ4n) is 3.07. The molecule has 0 spiro atoms. The van der Waals surface area contributed by atoms with E-state index in [9.17, 15) is 25.0 Å². The van der Waals surface area contributed by atoms with Gasteiger partial charge in [-0.25, -0.2) is 0 Å². The Labute approximate surface area is 176 Å². The van der Waals surface area contributed by atoms with E-state index in [2.05, 4.69) is 10.4 Å². The first-order chi connectivity index (χ1) is 14.6. The first kappa shape index (κ1) is 21.4. The molecule has 160 valence electrons. The number of carbonyl (C=O) groups is 1. The molecule has 1 aromatic heterocycles. The first-order valence-electron chi connectivity index (χ1n) is 9.09. The van der Waals surface area contributed by atoms with E-state index in [1.807, 2.05) is 26.8 Å². The van der Waals surface area contributed by atoms with Crippen LogP contribution in [0.2, 0.25) is 0 Å². The molecule has 0 bridgehead atoms. The lowest BCUT2D eigenvalue weighted by Gasteiger charge is -2.13. The van der Waals surface area contributed by atoms with Gasteiger partial charge in [0.25, 0.3) is 11.6 Å². The van der Waals surface area contributed by atoms with Gasteiger partial charge in [0.1, 0.15) is 17.7 Å². The number of aromatic nitrogens is 2. The highest BCUT2D eigenvalue weighted by Gasteiger charge is 2.26. The van der Waals surface area contributed by atoms with Gasteiger partial charge in [0.05, 0.1) is 21.6 Å². The van der Waals surface area contributed by atoms with Gasteiger partial charge in [0.2, 0.25) is 5.69 Å². The van der Waals surface area contributed by atoms with Crippen LogP contribution in [0.1, 0.15) is 27.2 Å². The second-order valence-corrected chi connectivity index (χ2v) is 6.99. The number of aryl methyl sites for hydroxylation is 3. The Kier molecular flexibility index (Phi) is 5.68. The summed E-state index contributed by atoms with van der Waals surface area (Å²) in [6.07, 6.45) is 0.958. The second kappa shape index (κ2) is 8.22. The van der Waals surface area contributed by atoms with Crippen LogP contribution < -0.4 is 10.1 Å². The maximum Gasteiger partial charge on any atom is 0.320 e. The van der Waals surface area contributed by atoms with Crippen molar-refractivity contribution < 1.29 is 19.4 Å². The van der Waals surface area contributed by atoms with E-state index in [1.165, 1.54) is 19.2 Å². The van der Waals surface area contributed by atoms with Crippen molar-refractivity contribution in [2.45, 2.75) is 20.8 Å². The van der Waals surface area contributed by atoms with Crippen molar-refractivity contribution in [2.24, 2.45) is 7.05 Å². The normalized spacial score (nSPS) is 10.6. The second-order valence-electron chi connectivity index (χ2n) is 6.99. The highest BCUT2D eigenvalue weighted by atomic mass is 16.6. The van der Waals surface area contributed by atoms with Crippen LogP contribution in [0.25, 0.3) is 0 Å². The Bertz CT molecular complexity index is 1220. The summed E-state index contributed by atoms with van der Waals surface area (Å²) in [6, 6.07) is 7.57. The third-order valence-corrected chi connectivity index (χ3v) is 4.68. The maximum absolute atomic E-state index is 12.6. The number of rotatable bonds is 6. The van der Waals surface area contributed by atoms with Gasteiger partial charge >= 0.3 is 5.69 Å². The molecular weight excluding hydrogens is 406 g/mol. The third kappa shape index (κ3) is 4.50. The predicted molar refractivity (Wildman–Crippen MR) is 112 cm³/mol. The fraction of sp³-hybridized carbons (Fsp3) is 0.200. The van der Waals surface area contributed by atoms with Gasteiger partial charge in [0, 0.05) is 19.2 Å². The molecule has 0 atom stereocenters. The van der Waals surface area contributed by atoms with Gasteiger partial charge in [-0.1, -0.05) is 6.07 Å². The van der Waals surface area contributed by atoms with E-state index >= 15 is 0 Å². The van der Waals surface area contributed by atoms with E-state index in [0.717, 1.165) is 33.6 Å². The Morgan fingerprint density at radius 1 is 1.06 bits per heavy atom. The maximum atomic E-state index is 12.6. The fourth-order valence-corrected chi connectivity index (χ4v) is 3.07. The Morgan fingerprint density at radius 2 is 1.77 bits per heavy atom. The number of non-ortho nitro benzene ring substituents is 1. The number of nitro benzene ring substituents is 1. The van der Waals surface area contributed by atoms with Gasteiger partial charge in [-0.2, -0.15) is 5.10 Å². The lowest BCUT2D eigenvalue weighted by Crippen LogP contribution is -2.17. The van der Waals surface area contributed by atoms with Gasteiger partial charge in [-0.15, -0.1) is 0 Å². The first-order valence-corrected chi connectivity index (χ1v) is 9.09. The zero-order chi connectivity index (χ0) is 22.9. The van der Waals surface area contributed by atoms with Crippen LogP contribution in [0, 0.1) is 41.0 Å². The number of benzene rings is 2. The lowest BCUT2D eigenvalue weighted by atomic mass is 10.1. The minimum absolute atomic E-state index is 0.0479. The van der Waals surface area contributed by atoms with Crippen molar-refractivity contribution in [1.82, 2.24) is 9.78 Å². The molecular formula is C20H19N5O6. The molecule has 31 heavy (non-hydrogen) atoms. The van der Waals surface area contributed by atoms with Crippen LogP contribution in [0.4, 0.5) is 17.1 Å². The summed E-state index contributed by atoms with van der Waals surface area (Å²) >= 11 is 0. The minimum Gasteiger partial charge on any atom is -0.457 e. The molecule has 0 saturated carbocycles. The average molecular weight is 425 g/mol. The molecule has 11 heteroatoms. The van der Waals surface area contributed by atoms with E-state index in [1.54, 1.807) is 6.07 Å². The van der Waals surface area contributed by atoms with E-state index in [-0.39, 0.29) is 22.8 Å². The number of nitrogens with zero attached hydrogens (tertiary/aromatic N) is 4. The lowest BCUT2D eigenvalue weighted by molar-refractivity contribution is -0.385. The number of hydrogen-bond donors (Lipinski definition) is 1. The molecule has 11 nitrogen and oxygen atoms in total. The zero-order valence-corrected chi connectivity index (χ0v) is 17.2. The minimum atomic E-state index is -0.833. The summed E-state index contributed by atoms with van der Waals surface area (Å²) in [7, 11) is 1.38. The van der Waals surface area contributed by atoms with E-state index in [4.69, 9.17) is 4.74 Å². The smallest absolute Gasteiger partial charge is 0.320 e. The summed E-state index contributed by atoms with van der Waals surface area (Å²) in [5.41, 5.74) is 1.80. The number of hydrogen-bond acceptors (Lipinski definition) is 7. The highest BCUT2D eigenvalue weighted by molar-refractivity contribution is 6.06. The number of nitrogens with one attached hydrogen (secondary N) is 1. The number of ether oxygens (including phenoxy) is 1. The molecule has 1 amide bonds. The van der Waals surface area contributed by atoms with Gasteiger partial charge in [-0.05, 0) is 43.5 Å². The SMILES string of the molecule is Cc1cc(C)c(C)c(Oc2cc(NC(=O)c3c([N+](=O)[O-])cnn3C)cc([N+](=O)[O-])c2)c1. The number of amides is 1. The Hall–Kier alpha value is -4.28. The van der Waals surface area contributed by atoms with Crippen LogP contribution in [0.15, 0.2) is 36.5 Å². The van der Waals surface area contributed by atoms with Crippen molar-refractivity contribution in [3.63, 3.8) is 0 Å². The quantitative estimate of drug-likeness (QED) is 0.460.